The van der Waals surface area contributed by atoms with Crippen molar-refractivity contribution in [2.24, 2.45) is 5.92 Å². The van der Waals surface area contributed by atoms with E-state index in [2.05, 4.69) is 0 Å². The molecule has 1 aliphatic rings. The quantitative estimate of drug-likeness (QED) is 0.337. The van der Waals surface area contributed by atoms with Gasteiger partial charge in [0.15, 0.2) is 23.9 Å². The number of rotatable bonds is 8. The number of carbonyl (C=O) groups is 3. The fourth-order valence-electron chi connectivity index (χ4n) is 3.61. The summed E-state index contributed by atoms with van der Waals surface area (Å²) in [4.78, 5) is 38.7. The predicted molar refractivity (Wildman–Crippen MR) is 127 cm³/mol. The molecule has 4 rings (SSSR count). The van der Waals surface area contributed by atoms with E-state index < -0.39 is 11.9 Å². The van der Waals surface area contributed by atoms with Gasteiger partial charge in [-0.3, -0.25) is 14.4 Å². The summed E-state index contributed by atoms with van der Waals surface area (Å²) in [6, 6.07) is 20.6. The lowest BCUT2D eigenvalue weighted by Gasteiger charge is -2.17. The van der Waals surface area contributed by atoms with Crippen LogP contribution >= 0.6 is 11.6 Å². The molecule has 7 nitrogen and oxygen atoms in total. The second-order valence-corrected chi connectivity index (χ2v) is 8.13. The molecule has 1 atom stereocenters. The Balaban J connectivity index is 1.34. The molecule has 1 heterocycles. The number of benzene rings is 3. The Labute approximate surface area is 201 Å². The minimum Gasteiger partial charge on any atom is -0.493 e. The monoisotopic (exact) mass is 479 g/mol. The largest absolute Gasteiger partial charge is 0.493 e. The number of hydrogen-bond acceptors (Lipinski definition) is 6. The number of Topliss-reactive ketones (excluding diaryl/α,β-unsaturated/α-hetero) is 1. The van der Waals surface area contributed by atoms with E-state index in [4.69, 9.17) is 25.8 Å². The first-order valence-corrected chi connectivity index (χ1v) is 11.0. The number of ether oxygens (including phenoxy) is 3. The first kappa shape index (κ1) is 23.3. The van der Waals surface area contributed by atoms with E-state index in [1.54, 1.807) is 67.8 Å². The average molecular weight is 480 g/mol. The summed E-state index contributed by atoms with van der Waals surface area (Å²) < 4.78 is 16.3. The number of para-hydroxylation sites is 2. The van der Waals surface area contributed by atoms with E-state index in [1.165, 1.54) is 4.90 Å². The standard InChI is InChI=1S/C26H22ClNO6/c1-32-23-4-2-3-5-24(23)34-21-12-10-20(11-13-21)28-15-18(14-25(28)30)26(31)33-16-22(29)17-6-8-19(27)9-7-17/h2-13,18H,14-16H2,1H3. The zero-order chi connectivity index (χ0) is 24.1. The van der Waals surface area contributed by atoms with Crippen molar-refractivity contribution in [3.8, 4) is 17.2 Å². The van der Waals surface area contributed by atoms with E-state index >= 15 is 0 Å². The van der Waals surface area contributed by atoms with Gasteiger partial charge in [0.1, 0.15) is 5.75 Å². The van der Waals surface area contributed by atoms with Crippen molar-refractivity contribution in [1.82, 2.24) is 0 Å². The molecule has 0 N–H and O–H groups in total. The van der Waals surface area contributed by atoms with Crippen LogP contribution in [0.15, 0.2) is 72.8 Å². The summed E-state index contributed by atoms with van der Waals surface area (Å²) in [7, 11) is 1.57. The molecule has 34 heavy (non-hydrogen) atoms. The number of nitrogens with zero attached hydrogens (tertiary/aromatic N) is 1. The van der Waals surface area contributed by atoms with E-state index in [9.17, 15) is 14.4 Å². The van der Waals surface area contributed by atoms with Crippen LogP contribution in [0.25, 0.3) is 0 Å². The van der Waals surface area contributed by atoms with Crippen molar-refractivity contribution < 1.29 is 28.6 Å². The van der Waals surface area contributed by atoms with Crippen molar-refractivity contribution in [1.29, 1.82) is 0 Å². The number of amides is 1. The molecule has 1 fully saturated rings. The lowest BCUT2D eigenvalue weighted by Crippen LogP contribution is -2.27. The minimum absolute atomic E-state index is 0.0213. The lowest BCUT2D eigenvalue weighted by molar-refractivity contribution is -0.147. The van der Waals surface area contributed by atoms with Crippen LogP contribution < -0.4 is 14.4 Å². The number of methoxy groups -OCH3 is 1. The molecule has 0 aromatic heterocycles. The Bertz CT molecular complexity index is 1190. The van der Waals surface area contributed by atoms with Crippen molar-refractivity contribution >= 4 is 34.9 Å². The molecule has 1 amide bonds. The van der Waals surface area contributed by atoms with Gasteiger partial charge in [0.2, 0.25) is 5.91 Å². The van der Waals surface area contributed by atoms with Gasteiger partial charge in [-0.1, -0.05) is 23.7 Å². The number of ketones is 1. The third kappa shape index (κ3) is 5.38. The molecule has 0 aliphatic carbocycles. The first-order chi connectivity index (χ1) is 16.4. The van der Waals surface area contributed by atoms with Gasteiger partial charge >= 0.3 is 5.97 Å². The summed E-state index contributed by atoms with van der Waals surface area (Å²) in [6.07, 6.45) is 0.0213. The molecular formula is C26H22ClNO6. The van der Waals surface area contributed by atoms with Gasteiger partial charge in [0.05, 0.1) is 13.0 Å². The summed E-state index contributed by atoms with van der Waals surface area (Å²) in [5.74, 6) is 0.0187. The van der Waals surface area contributed by atoms with Crippen LogP contribution in [0, 0.1) is 5.92 Å². The summed E-state index contributed by atoms with van der Waals surface area (Å²) in [6.45, 7) is -0.209. The van der Waals surface area contributed by atoms with Crippen LogP contribution in [0.5, 0.6) is 17.2 Å². The van der Waals surface area contributed by atoms with E-state index in [-0.39, 0.29) is 31.3 Å². The molecule has 174 valence electrons. The van der Waals surface area contributed by atoms with Crippen LogP contribution in [0.1, 0.15) is 16.8 Å². The molecule has 1 saturated heterocycles. The molecule has 3 aromatic carbocycles. The molecule has 1 aliphatic heterocycles. The Kier molecular flexibility index (Phi) is 7.13. The van der Waals surface area contributed by atoms with Gasteiger partial charge in [-0.15, -0.1) is 0 Å². The van der Waals surface area contributed by atoms with Gasteiger partial charge in [-0.2, -0.15) is 0 Å². The predicted octanol–water partition coefficient (Wildman–Crippen LogP) is 4.92. The van der Waals surface area contributed by atoms with Crippen LogP contribution in [-0.2, 0) is 14.3 Å². The van der Waals surface area contributed by atoms with Crippen LogP contribution in [0.3, 0.4) is 0 Å². The smallest absolute Gasteiger partial charge is 0.311 e. The highest BCUT2D eigenvalue weighted by Crippen LogP contribution is 2.33. The molecule has 0 bridgehead atoms. The Morgan fingerprint density at radius 1 is 0.971 bits per heavy atom. The van der Waals surface area contributed by atoms with Gasteiger partial charge in [-0.05, 0) is 60.7 Å². The Morgan fingerprint density at radius 2 is 1.65 bits per heavy atom. The van der Waals surface area contributed by atoms with Crippen molar-refractivity contribution in [3.05, 3.63) is 83.4 Å². The number of carbonyl (C=O) groups excluding carboxylic acids is 3. The molecule has 8 heteroatoms. The molecule has 0 saturated carbocycles. The fraction of sp³-hybridized carbons (Fsp3) is 0.192. The maximum Gasteiger partial charge on any atom is 0.311 e. The Hall–Kier alpha value is -3.84. The Morgan fingerprint density at radius 3 is 2.32 bits per heavy atom. The van der Waals surface area contributed by atoms with Crippen molar-refractivity contribution in [2.45, 2.75) is 6.42 Å². The highest BCUT2D eigenvalue weighted by Gasteiger charge is 2.36. The summed E-state index contributed by atoms with van der Waals surface area (Å²) in [5, 5.41) is 0.512. The summed E-state index contributed by atoms with van der Waals surface area (Å²) >= 11 is 5.82. The molecule has 1 unspecified atom stereocenters. The van der Waals surface area contributed by atoms with Crippen LogP contribution in [0.2, 0.25) is 5.02 Å². The normalized spacial score (nSPS) is 15.2. The zero-order valence-electron chi connectivity index (χ0n) is 18.4. The molecule has 0 spiro atoms. The van der Waals surface area contributed by atoms with E-state index in [0.717, 1.165) is 0 Å². The third-order valence-corrected chi connectivity index (χ3v) is 5.67. The highest BCUT2D eigenvalue weighted by atomic mass is 35.5. The third-order valence-electron chi connectivity index (χ3n) is 5.42. The fourth-order valence-corrected chi connectivity index (χ4v) is 3.74. The van der Waals surface area contributed by atoms with Gasteiger partial charge in [0.25, 0.3) is 0 Å². The summed E-state index contributed by atoms with van der Waals surface area (Å²) in [5.41, 5.74) is 1.04. The average Bonchev–Trinajstić information content (AvgIpc) is 3.25. The van der Waals surface area contributed by atoms with Gasteiger partial charge < -0.3 is 19.1 Å². The second-order valence-electron chi connectivity index (χ2n) is 7.69. The second kappa shape index (κ2) is 10.4. The molecular weight excluding hydrogens is 458 g/mol. The topological polar surface area (TPSA) is 82.1 Å². The maximum absolute atomic E-state index is 12.5. The lowest BCUT2D eigenvalue weighted by atomic mass is 10.1. The number of anilines is 1. The van der Waals surface area contributed by atoms with Crippen LogP contribution in [0.4, 0.5) is 5.69 Å². The number of esters is 1. The van der Waals surface area contributed by atoms with Crippen LogP contribution in [-0.4, -0.2) is 37.9 Å². The number of halogens is 1. The first-order valence-electron chi connectivity index (χ1n) is 10.6. The minimum atomic E-state index is -0.643. The zero-order valence-corrected chi connectivity index (χ0v) is 19.2. The van der Waals surface area contributed by atoms with E-state index in [0.29, 0.717) is 33.5 Å². The van der Waals surface area contributed by atoms with Crippen molar-refractivity contribution in [2.75, 3.05) is 25.2 Å². The number of hydrogen-bond donors (Lipinski definition) is 0. The SMILES string of the molecule is COc1ccccc1Oc1ccc(N2CC(C(=O)OCC(=O)c3ccc(Cl)cc3)CC2=O)cc1. The van der Waals surface area contributed by atoms with Gasteiger partial charge in [-0.25, -0.2) is 0 Å². The molecule has 3 aromatic rings. The van der Waals surface area contributed by atoms with E-state index in [1.807, 2.05) is 12.1 Å². The maximum atomic E-state index is 12.5. The van der Waals surface area contributed by atoms with Gasteiger partial charge in [0, 0.05) is 29.2 Å². The molecule has 0 radical (unpaired) electrons. The highest BCUT2D eigenvalue weighted by molar-refractivity contribution is 6.30. The van der Waals surface area contributed by atoms with Crippen molar-refractivity contribution in [3.63, 3.8) is 0 Å².